The fourth-order valence-electron chi connectivity index (χ4n) is 6.52. The molecule has 0 N–H and O–H groups in total. The lowest BCUT2D eigenvalue weighted by Crippen LogP contribution is -2.10. The summed E-state index contributed by atoms with van der Waals surface area (Å²) in [4.78, 5) is 22.1. The van der Waals surface area contributed by atoms with Gasteiger partial charge in [0.05, 0.1) is 17.4 Å². The topological polar surface area (TPSA) is 59.7 Å². The van der Waals surface area contributed by atoms with E-state index in [0.29, 0.717) is 17.5 Å². The molecule has 9 rings (SSSR count). The number of hydrogen-bond acceptors (Lipinski definition) is 5. The van der Waals surface area contributed by atoms with Crippen LogP contribution in [0.15, 0.2) is 182 Å². The van der Waals surface area contributed by atoms with E-state index in [4.69, 9.17) is 19.9 Å². The molecule has 0 spiro atoms. The predicted molar refractivity (Wildman–Crippen MR) is 203 cm³/mol. The molecule has 3 heterocycles. The lowest BCUT2D eigenvalue weighted by atomic mass is 10.1. The molecule has 236 valence electrons. The highest BCUT2D eigenvalue weighted by atomic mass is 15.2. The third-order valence-electron chi connectivity index (χ3n) is 8.87. The van der Waals surface area contributed by atoms with Gasteiger partial charge in [-0.1, -0.05) is 115 Å². The minimum atomic E-state index is 0.621. The highest BCUT2D eigenvalue weighted by molar-refractivity contribution is 6.09. The van der Waals surface area contributed by atoms with Gasteiger partial charge in [-0.2, -0.15) is 0 Å². The lowest BCUT2D eigenvalue weighted by molar-refractivity contribution is 1.07. The maximum atomic E-state index is 5.13. The van der Waals surface area contributed by atoms with Crippen LogP contribution in [0.4, 0.5) is 17.1 Å². The molecule has 0 aliphatic heterocycles. The summed E-state index contributed by atoms with van der Waals surface area (Å²) in [6, 6.07) is 60.0. The molecule has 0 saturated heterocycles. The van der Waals surface area contributed by atoms with Gasteiger partial charge in [-0.25, -0.2) is 19.9 Å². The normalized spacial score (nSPS) is 11.2. The van der Waals surface area contributed by atoms with Crippen molar-refractivity contribution in [3.63, 3.8) is 0 Å². The van der Waals surface area contributed by atoms with Gasteiger partial charge in [0.1, 0.15) is 5.65 Å². The maximum absolute atomic E-state index is 5.13. The molecule has 0 radical (unpaired) electrons. The van der Waals surface area contributed by atoms with E-state index in [-0.39, 0.29) is 0 Å². The summed E-state index contributed by atoms with van der Waals surface area (Å²) in [5.41, 5.74) is 8.91. The first-order chi connectivity index (χ1) is 24.8. The number of benzene rings is 6. The summed E-state index contributed by atoms with van der Waals surface area (Å²) in [7, 11) is 0. The molecule has 0 atom stereocenters. The van der Waals surface area contributed by atoms with Gasteiger partial charge in [-0.05, 0) is 60.7 Å². The second kappa shape index (κ2) is 12.6. The van der Waals surface area contributed by atoms with Crippen LogP contribution in [0, 0.1) is 0 Å². The molecule has 0 unspecified atom stereocenters. The molecule has 50 heavy (non-hydrogen) atoms. The van der Waals surface area contributed by atoms with Crippen LogP contribution in [0.3, 0.4) is 0 Å². The number of anilines is 3. The first kappa shape index (κ1) is 29.2. The summed E-state index contributed by atoms with van der Waals surface area (Å²) >= 11 is 0. The minimum Gasteiger partial charge on any atom is -0.309 e. The quantitative estimate of drug-likeness (QED) is 0.173. The largest absolute Gasteiger partial charge is 0.309 e. The Morgan fingerprint density at radius 1 is 0.400 bits per heavy atom. The summed E-state index contributed by atoms with van der Waals surface area (Å²) in [5, 5.41) is 2.22. The van der Waals surface area contributed by atoms with Gasteiger partial charge >= 0.3 is 0 Å². The molecule has 0 aliphatic carbocycles. The second-order valence-corrected chi connectivity index (χ2v) is 12.0. The Labute approximate surface area is 289 Å². The van der Waals surface area contributed by atoms with E-state index < -0.39 is 0 Å². The van der Waals surface area contributed by atoms with Crippen molar-refractivity contribution in [3.05, 3.63) is 182 Å². The van der Waals surface area contributed by atoms with Gasteiger partial charge < -0.3 is 4.90 Å². The lowest BCUT2D eigenvalue weighted by Gasteiger charge is -2.25. The fraction of sp³-hybridized carbons (Fsp3) is 0. The average Bonchev–Trinajstić information content (AvgIpc) is 3.53. The van der Waals surface area contributed by atoms with Crippen LogP contribution < -0.4 is 4.90 Å². The third kappa shape index (κ3) is 5.35. The van der Waals surface area contributed by atoms with Crippen molar-refractivity contribution in [1.82, 2.24) is 24.5 Å². The van der Waals surface area contributed by atoms with E-state index in [0.717, 1.165) is 61.4 Å². The summed E-state index contributed by atoms with van der Waals surface area (Å²) in [6.07, 6.45) is 1.97. The number of hydrogen-bond donors (Lipinski definition) is 0. The van der Waals surface area contributed by atoms with E-state index >= 15 is 0 Å². The number of para-hydroxylation sites is 3. The monoisotopic (exact) mass is 642 g/mol. The standard InChI is InChI=1S/C44H30N6/c1-5-15-31(16-6-1)41-46-42(32-17-7-2-8-18-32)48-43(47-41)33-25-27-36(28-26-33)50-40-24-14-13-23-38(40)39-29-37(30-45-44(39)50)49(34-19-9-3-10-20-34)35-21-11-4-12-22-35/h1-30H. The molecule has 0 amide bonds. The van der Waals surface area contributed by atoms with E-state index in [9.17, 15) is 0 Å². The van der Waals surface area contributed by atoms with Gasteiger partial charge in [0.25, 0.3) is 0 Å². The summed E-state index contributed by atoms with van der Waals surface area (Å²) < 4.78 is 2.23. The van der Waals surface area contributed by atoms with Crippen molar-refractivity contribution >= 4 is 39.0 Å². The molecule has 0 saturated carbocycles. The van der Waals surface area contributed by atoms with Crippen molar-refractivity contribution in [2.45, 2.75) is 0 Å². The molecule has 0 fully saturated rings. The third-order valence-corrected chi connectivity index (χ3v) is 8.87. The molecule has 6 aromatic carbocycles. The van der Waals surface area contributed by atoms with Crippen LogP contribution in [0.2, 0.25) is 0 Å². The molecular weight excluding hydrogens is 613 g/mol. The van der Waals surface area contributed by atoms with Crippen LogP contribution in [0.25, 0.3) is 61.8 Å². The van der Waals surface area contributed by atoms with E-state index in [2.05, 4.69) is 113 Å². The molecule has 0 bridgehead atoms. The smallest absolute Gasteiger partial charge is 0.164 e. The number of pyridine rings is 1. The number of nitrogens with zero attached hydrogens (tertiary/aromatic N) is 6. The zero-order chi connectivity index (χ0) is 33.3. The van der Waals surface area contributed by atoms with Crippen LogP contribution in [0.1, 0.15) is 0 Å². The van der Waals surface area contributed by atoms with Crippen LogP contribution in [-0.4, -0.2) is 24.5 Å². The molecule has 6 nitrogen and oxygen atoms in total. The molecule has 0 aliphatic rings. The maximum Gasteiger partial charge on any atom is 0.164 e. The highest BCUT2D eigenvalue weighted by Gasteiger charge is 2.19. The molecule has 6 heteroatoms. The Morgan fingerprint density at radius 2 is 0.860 bits per heavy atom. The Morgan fingerprint density at radius 3 is 1.40 bits per heavy atom. The Hall–Kier alpha value is -6.92. The second-order valence-electron chi connectivity index (χ2n) is 12.0. The van der Waals surface area contributed by atoms with Crippen molar-refractivity contribution in [2.24, 2.45) is 0 Å². The van der Waals surface area contributed by atoms with Crippen molar-refractivity contribution in [2.75, 3.05) is 4.90 Å². The Kier molecular flexibility index (Phi) is 7.37. The van der Waals surface area contributed by atoms with Crippen molar-refractivity contribution < 1.29 is 0 Å². The summed E-state index contributed by atoms with van der Waals surface area (Å²) in [6.45, 7) is 0. The predicted octanol–water partition coefficient (Wildman–Crippen LogP) is 10.8. The molecule has 3 aromatic heterocycles. The van der Waals surface area contributed by atoms with Gasteiger partial charge in [-0.15, -0.1) is 0 Å². The fourth-order valence-corrected chi connectivity index (χ4v) is 6.52. The van der Waals surface area contributed by atoms with Gasteiger partial charge in [-0.3, -0.25) is 4.57 Å². The highest BCUT2D eigenvalue weighted by Crippen LogP contribution is 2.38. The van der Waals surface area contributed by atoms with E-state index in [1.807, 2.05) is 79.0 Å². The van der Waals surface area contributed by atoms with Gasteiger partial charge in [0, 0.05) is 44.5 Å². The zero-order valence-corrected chi connectivity index (χ0v) is 27.0. The summed E-state index contributed by atoms with van der Waals surface area (Å²) in [5.74, 6) is 1.90. The van der Waals surface area contributed by atoms with Crippen LogP contribution >= 0.6 is 0 Å². The first-order valence-electron chi connectivity index (χ1n) is 16.6. The molecular formula is C44H30N6. The number of fused-ring (bicyclic) bond motifs is 3. The van der Waals surface area contributed by atoms with E-state index in [1.54, 1.807) is 0 Å². The van der Waals surface area contributed by atoms with E-state index in [1.165, 1.54) is 0 Å². The molecule has 9 aromatic rings. The van der Waals surface area contributed by atoms with Crippen LogP contribution in [0.5, 0.6) is 0 Å². The first-order valence-corrected chi connectivity index (χ1v) is 16.6. The van der Waals surface area contributed by atoms with Crippen LogP contribution in [-0.2, 0) is 0 Å². The Bertz CT molecular complexity index is 2470. The van der Waals surface area contributed by atoms with Gasteiger partial charge in [0.2, 0.25) is 0 Å². The van der Waals surface area contributed by atoms with Crippen molar-refractivity contribution in [3.8, 4) is 39.9 Å². The van der Waals surface area contributed by atoms with Gasteiger partial charge in [0.15, 0.2) is 17.5 Å². The average molecular weight is 643 g/mol. The number of rotatable bonds is 7. The number of aromatic nitrogens is 5. The Balaban J connectivity index is 1.15. The minimum absolute atomic E-state index is 0.621. The SMILES string of the molecule is c1ccc(-c2nc(-c3ccccc3)nc(-c3ccc(-n4c5ccccc5c5cc(N(c6ccccc6)c6ccccc6)cnc54)cc3)n2)cc1. The zero-order valence-electron chi connectivity index (χ0n) is 27.0. The van der Waals surface area contributed by atoms with Crippen molar-refractivity contribution in [1.29, 1.82) is 0 Å².